The summed E-state index contributed by atoms with van der Waals surface area (Å²) >= 11 is 6.29. The van der Waals surface area contributed by atoms with E-state index in [1.165, 1.54) is 6.33 Å². The van der Waals surface area contributed by atoms with E-state index in [-0.39, 0.29) is 5.91 Å². The summed E-state index contributed by atoms with van der Waals surface area (Å²) in [5.74, 6) is 0.998. The van der Waals surface area contributed by atoms with Crippen molar-refractivity contribution in [3.05, 3.63) is 65.2 Å². The molecule has 2 heterocycles. The summed E-state index contributed by atoms with van der Waals surface area (Å²) in [4.78, 5) is 16.3. The van der Waals surface area contributed by atoms with Gasteiger partial charge in [-0.05, 0) is 42.0 Å². The van der Waals surface area contributed by atoms with Gasteiger partial charge in [-0.2, -0.15) is 5.10 Å². The number of ether oxygens (including phenoxy) is 2. The number of carbonyl (C=O) groups is 1. The second-order valence-electron chi connectivity index (χ2n) is 6.02. The minimum Gasteiger partial charge on any atom is -0.489 e. The molecule has 1 aromatic heterocycles. The van der Waals surface area contributed by atoms with E-state index in [4.69, 9.17) is 21.1 Å². The average Bonchev–Trinajstić information content (AvgIpc) is 3.12. The molecule has 0 radical (unpaired) electrons. The lowest BCUT2D eigenvalue weighted by atomic mass is 10.1. The van der Waals surface area contributed by atoms with E-state index in [0.29, 0.717) is 41.8 Å². The van der Waals surface area contributed by atoms with E-state index in [9.17, 15) is 4.79 Å². The number of nitrogens with one attached hydrogen (secondary N) is 1. The lowest BCUT2D eigenvalue weighted by Gasteiger charge is -2.12. The highest BCUT2D eigenvalue weighted by molar-refractivity contribution is 6.32. The highest BCUT2D eigenvalue weighted by Gasteiger charge is 2.16. The summed E-state index contributed by atoms with van der Waals surface area (Å²) in [5.41, 5.74) is 2.23. The first-order chi connectivity index (χ1) is 13.2. The Bertz CT molecular complexity index is 942. The second-order valence-corrected chi connectivity index (χ2v) is 6.43. The molecule has 0 aliphatic carbocycles. The first-order valence-corrected chi connectivity index (χ1v) is 8.90. The predicted octanol–water partition coefficient (Wildman–Crippen LogP) is 3.01. The Morgan fingerprint density at radius 1 is 1.19 bits per heavy atom. The summed E-state index contributed by atoms with van der Waals surface area (Å²) in [6.45, 7) is 1.49. The molecular formula is C19H17ClN4O3. The van der Waals surface area contributed by atoms with Crippen molar-refractivity contribution < 1.29 is 14.3 Å². The highest BCUT2D eigenvalue weighted by atomic mass is 35.5. The predicted molar refractivity (Wildman–Crippen MR) is 99.6 cm³/mol. The van der Waals surface area contributed by atoms with E-state index < -0.39 is 0 Å². The van der Waals surface area contributed by atoms with Crippen LogP contribution in [0.3, 0.4) is 0 Å². The van der Waals surface area contributed by atoms with Crippen molar-refractivity contribution in [3.8, 4) is 17.2 Å². The molecule has 0 bridgehead atoms. The first-order valence-electron chi connectivity index (χ1n) is 8.52. The molecule has 3 aromatic rings. The third kappa shape index (κ3) is 3.88. The van der Waals surface area contributed by atoms with Gasteiger partial charge in [-0.1, -0.05) is 11.6 Å². The zero-order valence-corrected chi connectivity index (χ0v) is 15.1. The van der Waals surface area contributed by atoms with Gasteiger partial charge in [0.05, 0.1) is 23.9 Å². The molecule has 4 rings (SSSR count). The number of carbonyl (C=O) groups excluding carboxylic acids is 1. The van der Waals surface area contributed by atoms with Crippen molar-refractivity contribution in [2.24, 2.45) is 0 Å². The summed E-state index contributed by atoms with van der Waals surface area (Å²) in [5, 5.41) is 7.43. The largest absolute Gasteiger partial charge is 0.489 e. The molecule has 0 fully saturated rings. The Morgan fingerprint density at radius 2 is 2.00 bits per heavy atom. The van der Waals surface area contributed by atoms with Gasteiger partial charge >= 0.3 is 0 Å². The Kier molecular flexibility index (Phi) is 4.93. The Balaban J connectivity index is 1.43. The fourth-order valence-corrected chi connectivity index (χ4v) is 3.07. The third-order valence-electron chi connectivity index (χ3n) is 4.13. The van der Waals surface area contributed by atoms with Crippen LogP contribution in [0, 0.1) is 0 Å². The molecule has 0 spiro atoms. The highest BCUT2D eigenvalue weighted by Crippen LogP contribution is 2.37. The summed E-state index contributed by atoms with van der Waals surface area (Å²) in [7, 11) is 0. The molecule has 0 unspecified atom stereocenters. The van der Waals surface area contributed by atoms with Crippen molar-refractivity contribution in [2.75, 3.05) is 13.2 Å². The van der Waals surface area contributed by atoms with Crippen LogP contribution in [-0.2, 0) is 6.54 Å². The number of amides is 1. The summed E-state index contributed by atoms with van der Waals surface area (Å²) < 4.78 is 12.9. The molecule has 0 saturated carbocycles. The van der Waals surface area contributed by atoms with Gasteiger partial charge in [0.1, 0.15) is 12.7 Å². The SMILES string of the molecule is O=C(NCc1cc(Cl)c2c(c1)OCCCO2)c1ccc(-n2cncn2)cc1. The van der Waals surface area contributed by atoms with Crippen LogP contribution in [0.5, 0.6) is 11.5 Å². The quantitative estimate of drug-likeness (QED) is 0.748. The van der Waals surface area contributed by atoms with Crippen LogP contribution in [-0.4, -0.2) is 33.9 Å². The average molecular weight is 385 g/mol. The zero-order valence-electron chi connectivity index (χ0n) is 14.4. The van der Waals surface area contributed by atoms with Crippen molar-refractivity contribution in [1.29, 1.82) is 0 Å². The summed E-state index contributed by atoms with van der Waals surface area (Å²) in [6.07, 6.45) is 3.87. The monoisotopic (exact) mass is 384 g/mol. The van der Waals surface area contributed by atoms with Gasteiger partial charge in [-0.3, -0.25) is 4.79 Å². The molecule has 2 aromatic carbocycles. The van der Waals surface area contributed by atoms with E-state index >= 15 is 0 Å². The normalized spacial score (nSPS) is 13.1. The Labute approximate surface area is 160 Å². The van der Waals surface area contributed by atoms with Gasteiger partial charge in [-0.15, -0.1) is 0 Å². The zero-order chi connectivity index (χ0) is 18.6. The van der Waals surface area contributed by atoms with Gasteiger partial charge in [0.2, 0.25) is 0 Å². The summed E-state index contributed by atoms with van der Waals surface area (Å²) in [6, 6.07) is 10.7. The number of hydrogen-bond acceptors (Lipinski definition) is 5. The van der Waals surface area contributed by atoms with Crippen LogP contribution in [0.25, 0.3) is 5.69 Å². The van der Waals surface area contributed by atoms with Crippen LogP contribution in [0.15, 0.2) is 49.1 Å². The number of benzene rings is 2. The van der Waals surface area contributed by atoms with E-state index in [1.807, 2.05) is 18.2 Å². The van der Waals surface area contributed by atoms with Gasteiger partial charge in [0.25, 0.3) is 5.91 Å². The fraction of sp³-hybridized carbons (Fsp3) is 0.211. The molecule has 1 amide bonds. The first kappa shape index (κ1) is 17.4. The molecule has 1 aliphatic heterocycles. The van der Waals surface area contributed by atoms with E-state index in [0.717, 1.165) is 17.7 Å². The van der Waals surface area contributed by atoms with E-state index in [2.05, 4.69) is 15.4 Å². The van der Waals surface area contributed by atoms with Crippen LogP contribution < -0.4 is 14.8 Å². The Morgan fingerprint density at radius 3 is 2.78 bits per heavy atom. The maximum absolute atomic E-state index is 12.4. The van der Waals surface area contributed by atoms with Crippen LogP contribution in [0.1, 0.15) is 22.3 Å². The smallest absolute Gasteiger partial charge is 0.251 e. The molecule has 1 aliphatic rings. The molecular weight excluding hydrogens is 368 g/mol. The minimum atomic E-state index is -0.177. The fourth-order valence-electron chi connectivity index (χ4n) is 2.78. The van der Waals surface area contributed by atoms with Gasteiger partial charge in [0, 0.05) is 18.5 Å². The number of fused-ring (bicyclic) bond motifs is 1. The molecule has 27 heavy (non-hydrogen) atoms. The number of halogens is 1. The van der Waals surface area contributed by atoms with Gasteiger partial charge in [-0.25, -0.2) is 9.67 Å². The van der Waals surface area contributed by atoms with Gasteiger partial charge in [0.15, 0.2) is 11.5 Å². The standard InChI is InChI=1S/C19H17ClN4O3/c20-16-8-13(9-17-18(16)27-7-1-6-26-17)10-22-19(25)14-2-4-15(5-3-14)24-12-21-11-23-24/h2-5,8-9,11-12H,1,6-7,10H2,(H,22,25). The molecule has 138 valence electrons. The topological polar surface area (TPSA) is 78.3 Å². The minimum absolute atomic E-state index is 0.177. The number of nitrogens with zero attached hydrogens (tertiary/aromatic N) is 3. The van der Waals surface area contributed by atoms with Crippen molar-refractivity contribution in [2.45, 2.75) is 13.0 Å². The molecule has 1 N–H and O–H groups in total. The van der Waals surface area contributed by atoms with Crippen molar-refractivity contribution in [3.63, 3.8) is 0 Å². The third-order valence-corrected chi connectivity index (χ3v) is 4.41. The number of hydrogen-bond donors (Lipinski definition) is 1. The maximum Gasteiger partial charge on any atom is 0.251 e. The Hall–Kier alpha value is -3.06. The van der Waals surface area contributed by atoms with Crippen molar-refractivity contribution in [1.82, 2.24) is 20.1 Å². The van der Waals surface area contributed by atoms with Gasteiger partial charge < -0.3 is 14.8 Å². The molecule has 7 nitrogen and oxygen atoms in total. The molecule has 8 heteroatoms. The number of rotatable bonds is 4. The molecule has 0 saturated heterocycles. The molecule has 0 atom stereocenters. The lowest BCUT2D eigenvalue weighted by Crippen LogP contribution is -2.22. The van der Waals surface area contributed by atoms with Crippen LogP contribution in [0.2, 0.25) is 5.02 Å². The van der Waals surface area contributed by atoms with Crippen molar-refractivity contribution >= 4 is 17.5 Å². The number of aromatic nitrogens is 3. The van der Waals surface area contributed by atoms with Crippen LogP contribution in [0.4, 0.5) is 0 Å². The van der Waals surface area contributed by atoms with E-state index in [1.54, 1.807) is 29.2 Å². The second kappa shape index (κ2) is 7.67. The maximum atomic E-state index is 12.4. The lowest BCUT2D eigenvalue weighted by molar-refractivity contribution is 0.0951. The van der Waals surface area contributed by atoms with Crippen LogP contribution >= 0.6 is 11.6 Å².